The largest absolute Gasteiger partial charge is 0.293 e. The van der Waals surface area contributed by atoms with Gasteiger partial charge in [-0.3, -0.25) is 24.6 Å². The van der Waals surface area contributed by atoms with E-state index in [2.05, 4.69) is 0 Å². The fourth-order valence-corrected chi connectivity index (χ4v) is 3.89. The Kier molecular flexibility index (Phi) is 5.76. The first-order valence-electron chi connectivity index (χ1n) is 7.40. The van der Waals surface area contributed by atoms with Crippen LogP contribution in [0.15, 0.2) is 41.3 Å². The Bertz CT molecular complexity index is 989. The molecule has 0 unspecified atom stereocenters. The Morgan fingerprint density at radius 3 is 2.37 bits per heavy atom. The summed E-state index contributed by atoms with van der Waals surface area (Å²) in [5, 5.41) is 11.3. The molecular formula is C17H9Cl3N2O4S. The lowest BCUT2D eigenvalue weighted by Gasteiger charge is -2.14. The van der Waals surface area contributed by atoms with E-state index in [9.17, 15) is 19.7 Å². The van der Waals surface area contributed by atoms with Crippen molar-refractivity contribution in [3.8, 4) is 0 Å². The second-order valence-corrected chi connectivity index (χ2v) is 7.65. The second-order valence-electron chi connectivity index (χ2n) is 5.43. The number of hydrogen-bond donors (Lipinski definition) is 0. The first-order chi connectivity index (χ1) is 12.8. The molecule has 138 valence electrons. The molecule has 0 radical (unpaired) electrons. The molecule has 0 aromatic heterocycles. The molecule has 0 spiro atoms. The fraction of sp³-hybridized carbons (Fsp3) is 0.0588. The van der Waals surface area contributed by atoms with Crippen LogP contribution in [0.4, 0.5) is 10.5 Å². The number of benzene rings is 2. The van der Waals surface area contributed by atoms with Gasteiger partial charge in [-0.2, -0.15) is 0 Å². The van der Waals surface area contributed by atoms with Gasteiger partial charge in [0, 0.05) is 38.3 Å². The van der Waals surface area contributed by atoms with Crippen LogP contribution in [-0.4, -0.2) is 21.0 Å². The topological polar surface area (TPSA) is 80.5 Å². The summed E-state index contributed by atoms with van der Waals surface area (Å²) in [5.74, 6) is -0.552. The molecule has 27 heavy (non-hydrogen) atoms. The molecule has 6 nitrogen and oxygen atoms in total. The van der Waals surface area contributed by atoms with E-state index in [-0.39, 0.29) is 27.7 Å². The molecule has 1 heterocycles. The Hall–Kier alpha value is -2.06. The third kappa shape index (κ3) is 4.11. The number of nitro groups is 1. The number of nitro benzene ring substituents is 1. The summed E-state index contributed by atoms with van der Waals surface area (Å²) in [4.78, 5) is 36.4. The molecule has 1 aliphatic heterocycles. The molecule has 0 saturated carbocycles. The molecule has 10 heteroatoms. The summed E-state index contributed by atoms with van der Waals surface area (Å²) in [6, 6.07) is 8.73. The van der Waals surface area contributed by atoms with Gasteiger partial charge in [-0.05, 0) is 36.0 Å². The van der Waals surface area contributed by atoms with Crippen LogP contribution >= 0.6 is 46.6 Å². The minimum absolute atomic E-state index is 0.0802. The predicted octanol–water partition coefficient (Wildman–Crippen LogP) is 5.79. The first-order valence-corrected chi connectivity index (χ1v) is 9.35. The van der Waals surface area contributed by atoms with E-state index in [1.165, 1.54) is 24.3 Å². The molecule has 0 bridgehead atoms. The fourth-order valence-electron chi connectivity index (χ4n) is 2.37. The summed E-state index contributed by atoms with van der Waals surface area (Å²) in [6.07, 6.45) is 1.36. The van der Waals surface area contributed by atoms with Crippen molar-refractivity contribution in [3.63, 3.8) is 0 Å². The minimum Gasteiger partial charge on any atom is -0.268 e. The normalized spacial score (nSPS) is 15.7. The molecule has 1 fully saturated rings. The molecular weight excluding hydrogens is 435 g/mol. The van der Waals surface area contributed by atoms with Crippen molar-refractivity contribution in [1.82, 2.24) is 4.90 Å². The highest BCUT2D eigenvalue weighted by atomic mass is 35.5. The van der Waals surface area contributed by atoms with Crippen LogP contribution in [0.1, 0.15) is 11.1 Å². The van der Waals surface area contributed by atoms with Gasteiger partial charge in [-0.25, -0.2) is 0 Å². The Balaban J connectivity index is 1.91. The molecule has 2 aromatic carbocycles. The van der Waals surface area contributed by atoms with E-state index in [0.717, 1.165) is 4.90 Å². The first kappa shape index (κ1) is 19.7. The van der Waals surface area contributed by atoms with Crippen LogP contribution in [0.5, 0.6) is 0 Å². The maximum absolute atomic E-state index is 12.6. The van der Waals surface area contributed by atoms with Gasteiger partial charge in [0.25, 0.3) is 16.8 Å². The molecule has 1 saturated heterocycles. The molecule has 0 atom stereocenters. The standard InChI is InChI=1S/C17H9Cl3N2O4S/c18-12-5-4-10(22(25)26)6-9(12)7-15-16(23)21(17(24)27-15)8-11-13(19)2-1-3-14(11)20/h1-7H,8H2/b15-7-. The number of imide groups is 1. The molecule has 2 aromatic rings. The summed E-state index contributed by atoms with van der Waals surface area (Å²) in [5.41, 5.74) is 0.553. The predicted molar refractivity (Wildman–Crippen MR) is 106 cm³/mol. The Labute approximate surface area is 172 Å². The zero-order valence-corrected chi connectivity index (χ0v) is 16.4. The smallest absolute Gasteiger partial charge is 0.268 e. The van der Waals surface area contributed by atoms with Gasteiger partial charge in [0.05, 0.1) is 16.4 Å². The van der Waals surface area contributed by atoms with Crippen molar-refractivity contribution in [2.45, 2.75) is 6.54 Å². The van der Waals surface area contributed by atoms with E-state index in [1.54, 1.807) is 18.2 Å². The van der Waals surface area contributed by atoms with Gasteiger partial charge in [-0.1, -0.05) is 40.9 Å². The summed E-state index contributed by atoms with van der Waals surface area (Å²) >= 11 is 19.0. The molecule has 0 aliphatic carbocycles. The van der Waals surface area contributed by atoms with Gasteiger partial charge in [0.2, 0.25) is 0 Å². The van der Waals surface area contributed by atoms with E-state index >= 15 is 0 Å². The second kappa shape index (κ2) is 7.90. The van der Waals surface area contributed by atoms with Gasteiger partial charge in [-0.15, -0.1) is 0 Å². The van der Waals surface area contributed by atoms with E-state index in [4.69, 9.17) is 34.8 Å². The van der Waals surface area contributed by atoms with Gasteiger partial charge in [0.1, 0.15) is 0 Å². The van der Waals surface area contributed by atoms with Crippen LogP contribution in [-0.2, 0) is 11.3 Å². The molecule has 3 rings (SSSR count). The zero-order valence-electron chi connectivity index (χ0n) is 13.3. The van der Waals surface area contributed by atoms with Crippen LogP contribution in [0.2, 0.25) is 15.1 Å². The van der Waals surface area contributed by atoms with E-state index < -0.39 is 16.1 Å². The summed E-state index contributed by atoms with van der Waals surface area (Å²) in [7, 11) is 0. The van der Waals surface area contributed by atoms with Gasteiger partial charge in [0.15, 0.2) is 0 Å². The minimum atomic E-state index is -0.571. The number of amides is 2. The maximum atomic E-state index is 12.6. The third-order valence-electron chi connectivity index (χ3n) is 3.73. The van der Waals surface area contributed by atoms with Gasteiger partial charge >= 0.3 is 0 Å². The third-order valence-corrected chi connectivity index (χ3v) is 5.69. The number of nitrogens with zero attached hydrogens (tertiary/aromatic N) is 2. The van der Waals surface area contributed by atoms with Crippen molar-refractivity contribution in [3.05, 3.63) is 77.6 Å². The number of thioether (sulfide) groups is 1. The lowest BCUT2D eigenvalue weighted by Crippen LogP contribution is -2.27. The van der Waals surface area contributed by atoms with Crippen LogP contribution in [0.25, 0.3) is 6.08 Å². The maximum Gasteiger partial charge on any atom is 0.293 e. The molecule has 2 amide bonds. The van der Waals surface area contributed by atoms with Crippen LogP contribution in [0.3, 0.4) is 0 Å². The SMILES string of the molecule is O=C1S/C(=C\c2cc([N+](=O)[O-])ccc2Cl)C(=O)N1Cc1c(Cl)cccc1Cl. The molecule has 0 N–H and O–H groups in total. The average Bonchev–Trinajstić information content (AvgIpc) is 2.87. The van der Waals surface area contributed by atoms with E-state index in [0.29, 0.717) is 27.4 Å². The quantitative estimate of drug-likeness (QED) is 0.339. The Morgan fingerprint density at radius 1 is 1.07 bits per heavy atom. The van der Waals surface area contributed by atoms with Crippen molar-refractivity contribution >= 4 is 69.5 Å². The molecule has 1 aliphatic rings. The average molecular weight is 444 g/mol. The number of non-ortho nitro benzene ring substituents is 1. The highest BCUT2D eigenvalue weighted by molar-refractivity contribution is 8.18. The lowest BCUT2D eigenvalue weighted by atomic mass is 10.1. The highest BCUT2D eigenvalue weighted by Crippen LogP contribution is 2.36. The number of carbonyl (C=O) groups is 2. The van der Waals surface area contributed by atoms with Crippen molar-refractivity contribution in [1.29, 1.82) is 0 Å². The van der Waals surface area contributed by atoms with E-state index in [1.807, 2.05) is 0 Å². The summed E-state index contributed by atoms with van der Waals surface area (Å²) in [6.45, 7) is -0.0802. The number of rotatable bonds is 4. The van der Waals surface area contributed by atoms with Crippen molar-refractivity contribution < 1.29 is 14.5 Å². The highest BCUT2D eigenvalue weighted by Gasteiger charge is 2.36. The van der Waals surface area contributed by atoms with Crippen molar-refractivity contribution in [2.75, 3.05) is 0 Å². The number of halogens is 3. The van der Waals surface area contributed by atoms with Crippen LogP contribution in [0, 0.1) is 10.1 Å². The number of carbonyl (C=O) groups excluding carboxylic acids is 2. The summed E-state index contributed by atoms with van der Waals surface area (Å²) < 4.78 is 0. The van der Waals surface area contributed by atoms with Crippen LogP contribution < -0.4 is 0 Å². The monoisotopic (exact) mass is 442 g/mol. The lowest BCUT2D eigenvalue weighted by molar-refractivity contribution is -0.384. The number of hydrogen-bond acceptors (Lipinski definition) is 5. The Morgan fingerprint density at radius 2 is 1.74 bits per heavy atom. The van der Waals surface area contributed by atoms with Gasteiger partial charge < -0.3 is 0 Å². The zero-order chi connectivity index (χ0) is 19.7. The van der Waals surface area contributed by atoms with Crippen molar-refractivity contribution in [2.24, 2.45) is 0 Å².